The van der Waals surface area contributed by atoms with Gasteiger partial charge in [0.25, 0.3) is 10.0 Å². The summed E-state index contributed by atoms with van der Waals surface area (Å²) in [7, 11) is 0.744. The Morgan fingerprint density at radius 1 is 1.21 bits per heavy atom. The van der Waals surface area contributed by atoms with Crippen LogP contribution in [0, 0.1) is 19.8 Å². The molecule has 1 aliphatic rings. The van der Waals surface area contributed by atoms with Crippen LogP contribution in [0.1, 0.15) is 51.3 Å². The molecule has 1 aromatic heterocycles. The average molecular weight is 495 g/mol. The Hall–Kier alpha value is -1.94. The summed E-state index contributed by atoms with van der Waals surface area (Å²) in [5.41, 5.74) is 4.47. The van der Waals surface area contributed by atoms with Gasteiger partial charge in [0.15, 0.2) is 0 Å². The molecule has 0 saturated carbocycles. The van der Waals surface area contributed by atoms with Crippen molar-refractivity contribution >= 4 is 27.3 Å². The first-order valence-electron chi connectivity index (χ1n) is 11.0. The van der Waals surface area contributed by atoms with Crippen molar-refractivity contribution < 1.29 is 22.7 Å². The number of nitrogens with zero attached hydrogens (tertiary/aromatic N) is 2. The molecule has 0 bridgehead atoms. The number of hydrogen-bond acceptors (Lipinski definition) is 7. The predicted molar refractivity (Wildman–Crippen MR) is 131 cm³/mol. The lowest BCUT2D eigenvalue weighted by molar-refractivity contribution is 0.0595. The van der Waals surface area contributed by atoms with E-state index in [0.29, 0.717) is 19.5 Å². The molecular formula is C24H34N2O5S2. The third-order valence-corrected chi connectivity index (χ3v) is 9.54. The van der Waals surface area contributed by atoms with Crippen LogP contribution < -0.4 is 4.74 Å². The number of fused-ring (bicyclic) bond motifs is 1. The molecule has 0 fully saturated rings. The molecule has 7 nitrogen and oxygen atoms in total. The number of ether oxygens (including phenoxy) is 2. The Bertz CT molecular complexity index is 1140. The van der Waals surface area contributed by atoms with E-state index >= 15 is 0 Å². The van der Waals surface area contributed by atoms with Gasteiger partial charge in [-0.05, 0) is 54.5 Å². The Balaban J connectivity index is 1.94. The van der Waals surface area contributed by atoms with Crippen molar-refractivity contribution in [2.45, 2.75) is 51.4 Å². The lowest BCUT2D eigenvalue weighted by Crippen LogP contribution is -2.31. The minimum absolute atomic E-state index is 0.0980. The standard InChI is InChI=1S/C24H34N2O5S2/c1-15(2)12-25(5)33(28,29)24-22(23(27)31-7)19-8-9-26(14-21(19)32-24)13-18-10-17(4)20(30-6)11-16(18)3/h10-11,15H,8-9,12-14H2,1-7H3. The molecule has 3 rings (SSSR count). The highest BCUT2D eigenvalue weighted by molar-refractivity contribution is 7.91. The molecule has 0 unspecified atom stereocenters. The summed E-state index contributed by atoms with van der Waals surface area (Å²) >= 11 is 1.20. The van der Waals surface area contributed by atoms with E-state index < -0.39 is 16.0 Å². The maximum absolute atomic E-state index is 13.3. The van der Waals surface area contributed by atoms with Crippen molar-refractivity contribution in [3.05, 3.63) is 44.8 Å². The first kappa shape index (κ1) is 25.7. The van der Waals surface area contributed by atoms with Crippen molar-refractivity contribution in [1.29, 1.82) is 0 Å². The van der Waals surface area contributed by atoms with Crippen LogP contribution in [-0.4, -0.2) is 57.9 Å². The molecule has 2 aromatic rings. The third-order valence-electron chi connectivity index (χ3n) is 6.01. The van der Waals surface area contributed by atoms with Gasteiger partial charge in [0.05, 0.1) is 19.8 Å². The number of benzene rings is 1. The van der Waals surface area contributed by atoms with Gasteiger partial charge in [0, 0.05) is 38.1 Å². The van der Waals surface area contributed by atoms with Gasteiger partial charge in [-0.3, -0.25) is 4.90 Å². The van der Waals surface area contributed by atoms with Crippen molar-refractivity contribution in [3.8, 4) is 5.75 Å². The van der Waals surface area contributed by atoms with Gasteiger partial charge in [-0.2, -0.15) is 4.31 Å². The fourth-order valence-corrected chi connectivity index (χ4v) is 7.74. The lowest BCUT2D eigenvalue weighted by Gasteiger charge is -2.28. The van der Waals surface area contributed by atoms with E-state index in [9.17, 15) is 13.2 Å². The SMILES string of the molecule is COC(=O)c1c(S(=O)(=O)N(C)CC(C)C)sc2c1CCN(Cc1cc(C)c(OC)cc1C)C2. The van der Waals surface area contributed by atoms with Crippen LogP contribution in [-0.2, 0) is 34.3 Å². The summed E-state index contributed by atoms with van der Waals surface area (Å²) in [6.07, 6.45) is 0.605. The average Bonchev–Trinajstić information content (AvgIpc) is 3.14. The summed E-state index contributed by atoms with van der Waals surface area (Å²) in [5, 5.41) is 0. The minimum Gasteiger partial charge on any atom is -0.496 e. The van der Waals surface area contributed by atoms with Gasteiger partial charge in [-0.1, -0.05) is 19.9 Å². The van der Waals surface area contributed by atoms with Crippen LogP contribution in [0.2, 0.25) is 0 Å². The van der Waals surface area contributed by atoms with Crippen molar-refractivity contribution in [2.24, 2.45) is 5.92 Å². The zero-order chi connectivity index (χ0) is 24.5. The van der Waals surface area contributed by atoms with Crippen molar-refractivity contribution in [3.63, 3.8) is 0 Å². The Kier molecular flexibility index (Phi) is 7.88. The van der Waals surface area contributed by atoms with Gasteiger partial charge < -0.3 is 9.47 Å². The normalized spacial score (nSPS) is 14.6. The highest BCUT2D eigenvalue weighted by atomic mass is 32.2. The maximum atomic E-state index is 13.3. The summed E-state index contributed by atoms with van der Waals surface area (Å²) < 4.78 is 38.5. The van der Waals surface area contributed by atoms with E-state index in [-0.39, 0.29) is 15.7 Å². The largest absolute Gasteiger partial charge is 0.496 e. The summed E-state index contributed by atoms with van der Waals surface area (Å²) in [6.45, 7) is 10.5. The second-order valence-corrected chi connectivity index (χ2v) is 12.4. The van der Waals surface area contributed by atoms with Gasteiger partial charge in [-0.25, -0.2) is 13.2 Å². The molecule has 1 aromatic carbocycles. The number of methoxy groups -OCH3 is 2. The molecule has 0 atom stereocenters. The molecule has 2 heterocycles. The summed E-state index contributed by atoms with van der Waals surface area (Å²) in [6, 6.07) is 4.20. The van der Waals surface area contributed by atoms with Gasteiger partial charge in [0.1, 0.15) is 9.96 Å². The first-order chi connectivity index (χ1) is 15.5. The quantitative estimate of drug-likeness (QED) is 0.517. The molecule has 182 valence electrons. The van der Waals surface area contributed by atoms with Crippen LogP contribution in [0.3, 0.4) is 0 Å². The predicted octanol–water partition coefficient (Wildman–Crippen LogP) is 3.99. The van der Waals surface area contributed by atoms with Crippen LogP contribution in [0.25, 0.3) is 0 Å². The number of thiophene rings is 1. The fraction of sp³-hybridized carbons (Fsp3) is 0.542. The van der Waals surface area contributed by atoms with E-state index in [1.807, 2.05) is 20.8 Å². The number of carbonyl (C=O) groups excluding carboxylic acids is 1. The van der Waals surface area contributed by atoms with Gasteiger partial charge >= 0.3 is 5.97 Å². The van der Waals surface area contributed by atoms with E-state index in [1.165, 1.54) is 28.3 Å². The maximum Gasteiger partial charge on any atom is 0.340 e. The zero-order valence-electron chi connectivity index (χ0n) is 20.5. The summed E-state index contributed by atoms with van der Waals surface area (Å²) in [4.78, 5) is 15.9. The molecule has 9 heteroatoms. The van der Waals surface area contributed by atoms with Crippen LogP contribution in [0.5, 0.6) is 5.75 Å². The second kappa shape index (κ2) is 10.1. The Labute approximate surface area is 201 Å². The zero-order valence-corrected chi connectivity index (χ0v) is 22.2. The van der Waals surface area contributed by atoms with Gasteiger partial charge in [0.2, 0.25) is 0 Å². The molecule has 0 saturated heterocycles. The number of aryl methyl sites for hydroxylation is 2. The van der Waals surface area contributed by atoms with Crippen LogP contribution in [0.15, 0.2) is 16.3 Å². The molecular weight excluding hydrogens is 460 g/mol. The minimum atomic E-state index is -3.79. The Morgan fingerprint density at radius 3 is 2.52 bits per heavy atom. The summed E-state index contributed by atoms with van der Waals surface area (Å²) in [5.74, 6) is 0.463. The van der Waals surface area contributed by atoms with Crippen LogP contribution in [0.4, 0.5) is 0 Å². The third kappa shape index (κ3) is 5.26. The highest BCUT2D eigenvalue weighted by Gasteiger charge is 2.36. The highest BCUT2D eigenvalue weighted by Crippen LogP contribution is 2.38. The molecule has 1 aliphatic heterocycles. The van der Waals surface area contributed by atoms with Crippen LogP contribution >= 0.6 is 11.3 Å². The molecule has 0 radical (unpaired) electrons. The number of rotatable bonds is 8. The molecule has 0 N–H and O–H groups in total. The first-order valence-corrected chi connectivity index (χ1v) is 13.3. The fourth-order valence-electron chi connectivity index (χ4n) is 4.29. The number of carbonyl (C=O) groups is 1. The van der Waals surface area contributed by atoms with E-state index in [2.05, 4.69) is 24.0 Å². The number of esters is 1. The van der Waals surface area contributed by atoms with E-state index in [1.54, 1.807) is 14.2 Å². The van der Waals surface area contributed by atoms with Crippen molar-refractivity contribution in [2.75, 3.05) is 34.4 Å². The molecule has 0 spiro atoms. The number of sulfonamides is 1. The Morgan fingerprint density at radius 2 is 1.91 bits per heavy atom. The topological polar surface area (TPSA) is 76.2 Å². The van der Waals surface area contributed by atoms with Crippen molar-refractivity contribution in [1.82, 2.24) is 9.21 Å². The second-order valence-electron chi connectivity index (χ2n) is 9.05. The lowest BCUT2D eigenvalue weighted by atomic mass is 10.0. The monoisotopic (exact) mass is 494 g/mol. The van der Waals surface area contributed by atoms with Gasteiger partial charge in [-0.15, -0.1) is 11.3 Å². The van der Waals surface area contributed by atoms with E-state index in [4.69, 9.17) is 9.47 Å². The number of hydrogen-bond donors (Lipinski definition) is 0. The smallest absolute Gasteiger partial charge is 0.340 e. The molecule has 33 heavy (non-hydrogen) atoms. The van der Waals surface area contributed by atoms with E-state index in [0.717, 1.165) is 40.4 Å². The molecule has 0 amide bonds. The molecule has 0 aliphatic carbocycles.